The first-order valence-electron chi connectivity index (χ1n) is 7.87. The van der Waals surface area contributed by atoms with Gasteiger partial charge in [0.25, 0.3) is 5.91 Å². The molecular formula is C17H21ClN4O3S. The van der Waals surface area contributed by atoms with E-state index in [2.05, 4.69) is 15.0 Å². The van der Waals surface area contributed by atoms with Crippen molar-refractivity contribution >= 4 is 39.0 Å². The number of carbonyl (C=O) groups excluding carboxylic acids is 1. The van der Waals surface area contributed by atoms with Gasteiger partial charge >= 0.3 is 0 Å². The molecule has 9 heteroatoms. The SMILES string of the molecule is CC(C)NS(=O)(=O)c1ccc(Cl)c(C(=O)Nc2ccc(N(C)C)nc2)c1. The Morgan fingerprint density at radius 2 is 1.88 bits per heavy atom. The zero-order valence-electron chi connectivity index (χ0n) is 14.9. The fraction of sp³-hybridized carbons (Fsp3) is 0.294. The molecule has 0 saturated heterocycles. The van der Waals surface area contributed by atoms with E-state index in [9.17, 15) is 13.2 Å². The van der Waals surface area contributed by atoms with Crippen LogP contribution in [0.2, 0.25) is 5.02 Å². The summed E-state index contributed by atoms with van der Waals surface area (Å²) < 4.78 is 27.0. The van der Waals surface area contributed by atoms with Gasteiger partial charge in [0.05, 0.1) is 27.4 Å². The fourth-order valence-electron chi connectivity index (χ4n) is 2.15. The Balaban J connectivity index is 2.27. The predicted molar refractivity (Wildman–Crippen MR) is 103 cm³/mol. The number of rotatable bonds is 6. The van der Waals surface area contributed by atoms with Crippen molar-refractivity contribution in [1.82, 2.24) is 9.71 Å². The average molecular weight is 397 g/mol. The average Bonchev–Trinajstić information content (AvgIpc) is 2.54. The largest absolute Gasteiger partial charge is 0.363 e. The van der Waals surface area contributed by atoms with Crippen LogP contribution in [0.3, 0.4) is 0 Å². The lowest BCUT2D eigenvalue weighted by molar-refractivity contribution is 0.102. The van der Waals surface area contributed by atoms with Crippen LogP contribution in [-0.4, -0.2) is 39.4 Å². The van der Waals surface area contributed by atoms with Gasteiger partial charge in [-0.3, -0.25) is 4.79 Å². The van der Waals surface area contributed by atoms with Crippen LogP contribution in [0.25, 0.3) is 0 Å². The minimum Gasteiger partial charge on any atom is -0.363 e. The number of hydrogen-bond donors (Lipinski definition) is 2. The van der Waals surface area contributed by atoms with E-state index in [1.807, 2.05) is 19.0 Å². The molecule has 0 unspecified atom stereocenters. The number of carbonyl (C=O) groups is 1. The van der Waals surface area contributed by atoms with Gasteiger partial charge in [0.2, 0.25) is 10.0 Å². The Bertz CT molecular complexity index is 897. The van der Waals surface area contributed by atoms with Gasteiger partial charge in [-0.25, -0.2) is 18.1 Å². The molecule has 2 N–H and O–H groups in total. The Kier molecular flexibility index (Phi) is 6.22. The summed E-state index contributed by atoms with van der Waals surface area (Å²) in [4.78, 5) is 18.5. The third-order valence-corrected chi connectivity index (χ3v) is 5.33. The van der Waals surface area contributed by atoms with E-state index in [1.54, 1.807) is 26.0 Å². The molecule has 26 heavy (non-hydrogen) atoms. The van der Waals surface area contributed by atoms with Crippen LogP contribution in [-0.2, 0) is 10.0 Å². The maximum atomic E-state index is 12.5. The van der Waals surface area contributed by atoms with Crippen LogP contribution in [0.4, 0.5) is 11.5 Å². The van der Waals surface area contributed by atoms with Crippen molar-refractivity contribution in [3.8, 4) is 0 Å². The molecule has 1 amide bonds. The number of sulfonamides is 1. The minimum absolute atomic E-state index is 0.0261. The summed E-state index contributed by atoms with van der Waals surface area (Å²) in [5.74, 6) is 0.227. The van der Waals surface area contributed by atoms with E-state index >= 15 is 0 Å². The van der Waals surface area contributed by atoms with Crippen molar-refractivity contribution in [1.29, 1.82) is 0 Å². The highest BCUT2D eigenvalue weighted by Crippen LogP contribution is 2.22. The molecule has 1 aromatic heterocycles. The van der Waals surface area contributed by atoms with Gasteiger partial charge in [0, 0.05) is 20.1 Å². The first-order valence-corrected chi connectivity index (χ1v) is 9.73. The van der Waals surface area contributed by atoms with Crippen molar-refractivity contribution in [2.24, 2.45) is 0 Å². The summed E-state index contributed by atoms with van der Waals surface area (Å²) in [5.41, 5.74) is 0.542. The molecule has 0 aliphatic heterocycles. The highest BCUT2D eigenvalue weighted by molar-refractivity contribution is 7.89. The molecule has 0 bridgehead atoms. The number of halogens is 1. The number of anilines is 2. The van der Waals surface area contributed by atoms with Gasteiger partial charge in [-0.1, -0.05) is 11.6 Å². The van der Waals surface area contributed by atoms with E-state index in [4.69, 9.17) is 11.6 Å². The van der Waals surface area contributed by atoms with Crippen LogP contribution < -0.4 is 14.9 Å². The molecule has 0 fully saturated rings. The summed E-state index contributed by atoms with van der Waals surface area (Å²) in [5, 5.41) is 2.82. The molecule has 7 nitrogen and oxygen atoms in total. The molecule has 2 rings (SSSR count). The van der Waals surface area contributed by atoms with E-state index in [0.717, 1.165) is 5.82 Å². The molecule has 0 aliphatic carbocycles. The van der Waals surface area contributed by atoms with Crippen molar-refractivity contribution < 1.29 is 13.2 Å². The number of benzene rings is 1. The zero-order valence-corrected chi connectivity index (χ0v) is 16.5. The number of pyridine rings is 1. The molecule has 0 saturated carbocycles. The zero-order chi connectivity index (χ0) is 19.5. The van der Waals surface area contributed by atoms with E-state index < -0.39 is 15.9 Å². The van der Waals surface area contributed by atoms with Crippen LogP contribution in [0, 0.1) is 0 Å². The molecule has 0 aliphatic rings. The Morgan fingerprint density at radius 3 is 2.42 bits per heavy atom. The molecule has 2 aromatic rings. The van der Waals surface area contributed by atoms with Crippen molar-refractivity contribution in [2.75, 3.05) is 24.3 Å². The summed E-state index contributed by atoms with van der Waals surface area (Å²) >= 11 is 6.08. The normalized spacial score (nSPS) is 11.5. The summed E-state index contributed by atoms with van der Waals surface area (Å²) in [6.45, 7) is 3.43. The maximum Gasteiger partial charge on any atom is 0.257 e. The minimum atomic E-state index is -3.73. The van der Waals surface area contributed by atoms with Crippen molar-refractivity contribution in [2.45, 2.75) is 24.8 Å². The first-order chi connectivity index (χ1) is 12.1. The molecule has 1 aromatic carbocycles. The highest BCUT2D eigenvalue weighted by Gasteiger charge is 2.19. The standard InChI is InChI=1S/C17H21ClN4O3S/c1-11(2)21-26(24,25)13-6-7-15(18)14(9-13)17(23)20-12-5-8-16(19-10-12)22(3)4/h5-11,21H,1-4H3,(H,20,23). The van der Waals surface area contributed by atoms with Gasteiger partial charge in [0.15, 0.2) is 0 Å². The molecule has 0 radical (unpaired) electrons. The van der Waals surface area contributed by atoms with Crippen LogP contribution >= 0.6 is 11.6 Å². The fourth-order valence-corrected chi connectivity index (χ4v) is 3.63. The number of nitrogens with zero attached hydrogens (tertiary/aromatic N) is 2. The number of amides is 1. The van der Waals surface area contributed by atoms with Crippen molar-refractivity contribution in [3.05, 3.63) is 47.1 Å². The Morgan fingerprint density at radius 1 is 1.19 bits per heavy atom. The van der Waals surface area contributed by atoms with Gasteiger partial charge < -0.3 is 10.2 Å². The summed E-state index contributed by atoms with van der Waals surface area (Å²) in [7, 11) is -0.00958. The van der Waals surface area contributed by atoms with Gasteiger partial charge in [-0.05, 0) is 44.2 Å². The van der Waals surface area contributed by atoms with Gasteiger partial charge in [-0.2, -0.15) is 0 Å². The molecule has 0 spiro atoms. The molecule has 1 heterocycles. The topological polar surface area (TPSA) is 91.4 Å². The third kappa shape index (κ3) is 4.94. The van der Waals surface area contributed by atoms with Crippen LogP contribution in [0.15, 0.2) is 41.4 Å². The van der Waals surface area contributed by atoms with Gasteiger partial charge in [0.1, 0.15) is 5.82 Å². The summed E-state index contributed by atoms with van der Waals surface area (Å²) in [6.07, 6.45) is 1.52. The van der Waals surface area contributed by atoms with Gasteiger partial charge in [-0.15, -0.1) is 0 Å². The maximum absolute atomic E-state index is 12.5. The lowest BCUT2D eigenvalue weighted by Crippen LogP contribution is -2.30. The molecule has 140 valence electrons. The van der Waals surface area contributed by atoms with Crippen molar-refractivity contribution in [3.63, 3.8) is 0 Å². The second kappa shape index (κ2) is 8.03. The van der Waals surface area contributed by atoms with Crippen LogP contribution in [0.1, 0.15) is 24.2 Å². The second-order valence-corrected chi connectivity index (χ2v) is 8.29. The highest BCUT2D eigenvalue weighted by atomic mass is 35.5. The summed E-state index contributed by atoms with van der Waals surface area (Å²) in [6, 6.07) is 7.19. The molecular weight excluding hydrogens is 376 g/mol. The molecule has 0 atom stereocenters. The predicted octanol–water partition coefficient (Wildman–Crippen LogP) is 2.74. The van der Waals surface area contributed by atoms with Crippen LogP contribution in [0.5, 0.6) is 0 Å². The first kappa shape index (κ1) is 20.2. The quantitative estimate of drug-likeness (QED) is 0.783. The lowest BCUT2D eigenvalue weighted by atomic mass is 10.2. The van der Waals surface area contributed by atoms with E-state index in [0.29, 0.717) is 5.69 Å². The van der Waals surface area contributed by atoms with E-state index in [1.165, 1.54) is 24.4 Å². The monoisotopic (exact) mass is 396 g/mol. The smallest absolute Gasteiger partial charge is 0.257 e. The second-order valence-electron chi connectivity index (χ2n) is 6.17. The number of hydrogen-bond acceptors (Lipinski definition) is 5. The third-order valence-electron chi connectivity index (χ3n) is 3.35. The Labute approximate surface area is 158 Å². The number of nitrogens with one attached hydrogen (secondary N) is 2. The lowest BCUT2D eigenvalue weighted by Gasteiger charge is -2.13. The Hall–Kier alpha value is -2.16. The number of aromatic nitrogens is 1. The van der Waals surface area contributed by atoms with E-state index in [-0.39, 0.29) is 21.5 Å².